The quantitative estimate of drug-likeness (QED) is 0.752. The Hall–Kier alpha value is -2.85. The van der Waals surface area contributed by atoms with Crippen molar-refractivity contribution in [3.05, 3.63) is 77.6 Å². The number of halogens is 1. The molecule has 1 amide bonds. The number of pyridine rings is 1. The average molecular weight is 339 g/mol. The summed E-state index contributed by atoms with van der Waals surface area (Å²) in [6.07, 6.45) is 1.62. The van der Waals surface area contributed by atoms with Gasteiger partial charge in [0.2, 0.25) is 0 Å². The molecule has 4 nitrogen and oxygen atoms in total. The monoisotopic (exact) mass is 338 g/mol. The SMILES string of the molecule is COc1cc(NC(=O)c2cc(-c3ccccc3)ccn2)ccc1Cl. The number of anilines is 1. The molecule has 0 saturated heterocycles. The van der Waals surface area contributed by atoms with Gasteiger partial charge in [0, 0.05) is 18.0 Å². The second kappa shape index (κ2) is 7.15. The first-order valence-electron chi connectivity index (χ1n) is 7.34. The zero-order valence-corrected chi connectivity index (χ0v) is 13.7. The number of hydrogen-bond acceptors (Lipinski definition) is 3. The molecule has 0 aliphatic rings. The fourth-order valence-electron chi connectivity index (χ4n) is 2.30. The fraction of sp³-hybridized carbons (Fsp3) is 0.0526. The number of nitrogens with one attached hydrogen (secondary N) is 1. The average Bonchev–Trinajstić information content (AvgIpc) is 2.64. The van der Waals surface area contributed by atoms with Crippen LogP contribution in [0.25, 0.3) is 11.1 Å². The number of hydrogen-bond donors (Lipinski definition) is 1. The Morgan fingerprint density at radius 3 is 2.58 bits per heavy atom. The lowest BCUT2D eigenvalue weighted by molar-refractivity contribution is 0.102. The molecular weight excluding hydrogens is 324 g/mol. The minimum absolute atomic E-state index is 0.294. The van der Waals surface area contributed by atoms with Crippen LogP contribution < -0.4 is 10.1 Å². The summed E-state index contributed by atoms with van der Waals surface area (Å²) in [6, 6.07) is 18.5. The Morgan fingerprint density at radius 2 is 1.83 bits per heavy atom. The molecule has 120 valence electrons. The minimum atomic E-state index is -0.294. The third kappa shape index (κ3) is 3.55. The Morgan fingerprint density at radius 1 is 1.04 bits per heavy atom. The van der Waals surface area contributed by atoms with Gasteiger partial charge in [-0.3, -0.25) is 9.78 Å². The molecule has 1 heterocycles. The summed E-state index contributed by atoms with van der Waals surface area (Å²) in [5.74, 6) is 0.206. The number of rotatable bonds is 4. The van der Waals surface area contributed by atoms with E-state index >= 15 is 0 Å². The van der Waals surface area contributed by atoms with Crippen LogP contribution in [-0.4, -0.2) is 18.0 Å². The van der Waals surface area contributed by atoms with E-state index in [0.29, 0.717) is 22.2 Å². The zero-order valence-electron chi connectivity index (χ0n) is 13.0. The van der Waals surface area contributed by atoms with Crippen LogP contribution in [0, 0.1) is 0 Å². The molecule has 0 atom stereocenters. The molecule has 0 saturated carbocycles. The van der Waals surface area contributed by atoms with E-state index in [4.69, 9.17) is 16.3 Å². The van der Waals surface area contributed by atoms with Crippen LogP contribution in [0.15, 0.2) is 66.9 Å². The molecule has 1 aromatic heterocycles. The van der Waals surface area contributed by atoms with E-state index in [0.717, 1.165) is 11.1 Å². The van der Waals surface area contributed by atoms with Gasteiger partial charge >= 0.3 is 0 Å². The fourth-order valence-corrected chi connectivity index (χ4v) is 2.49. The first-order chi connectivity index (χ1) is 11.7. The number of aromatic nitrogens is 1. The Labute approximate surface area is 145 Å². The van der Waals surface area contributed by atoms with Crippen molar-refractivity contribution in [2.45, 2.75) is 0 Å². The maximum absolute atomic E-state index is 12.4. The first kappa shape index (κ1) is 16.0. The summed E-state index contributed by atoms with van der Waals surface area (Å²) in [5.41, 5.74) is 2.89. The minimum Gasteiger partial charge on any atom is -0.495 e. The lowest BCUT2D eigenvalue weighted by atomic mass is 10.1. The maximum atomic E-state index is 12.4. The van der Waals surface area contributed by atoms with E-state index in [1.54, 1.807) is 30.5 Å². The van der Waals surface area contributed by atoms with Crippen molar-refractivity contribution >= 4 is 23.2 Å². The summed E-state index contributed by atoms with van der Waals surface area (Å²) in [6.45, 7) is 0. The van der Waals surface area contributed by atoms with Gasteiger partial charge in [-0.25, -0.2) is 0 Å². The molecule has 0 aliphatic carbocycles. The van der Waals surface area contributed by atoms with Crippen molar-refractivity contribution in [2.75, 3.05) is 12.4 Å². The van der Waals surface area contributed by atoms with Gasteiger partial charge in [0.25, 0.3) is 5.91 Å². The third-order valence-corrected chi connectivity index (χ3v) is 3.82. The van der Waals surface area contributed by atoms with Gasteiger partial charge in [-0.1, -0.05) is 41.9 Å². The van der Waals surface area contributed by atoms with Gasteiger partial charge in [-0.15, -0.1) is 0 Å². The smallest absolute Gasteiger partial charge is 0.274 e. The topological polar surface area (TPSA) is 51.2 Å². The Bertz CT molecular complexity index is 866. The number of carbonyl (C=O) groups is 1. The summed E-state index contributed by atoms with van der Waals surface area (Å²) in [4.78, 5) is 16.6. The van der Waals surface area contributed by atoms with Crippen LogP contribution in [0.1, 0.15) is 10.5 Å². The summed E-state index contributed by atoms with van der Waals surface area (Å²) >= 11 is 5.99. The second-order valence-electron chi connectivity index (χ2n) is 5.10. The molecule has 2 aromatic carbocycles. The highest BCUT2D eigenvalue weighted by Gasteiger charge is 2.10. The van der Waals surface area contributed by atoms with Gasteiger partial charge in [0.15, 0.2) is 0 Å². The number of methoxy groups -OCH3 is 1. The van der Waals surface area contributed by atoms with Crippen LogP contribution in [0.2, 0.25) is 5.02 Å². The molecule has 0 spiro atoms. The van der Waals surface area contributed by atoms with E-state index in [1.165, 1.54) is 7.11 Å². The van der Waals surface area contributed by atoms with Crippen molar-refractivity contribution in [1.82, 2.24) is 4.98 Å². The summed E-state index contributed by atoms with van der Waals surface area (Å²) < 4.78 is 5.15. The molecule has 1 N–H and O–H groups in total. The molecule has 24 heavy (non-hydrogen) atoms. The van der Waals surface area contributed by atoms with Crippen molar-refractivity contribution in [1.29, 1.82) is 0 Å². The molecule has 5 heteroatoms. The van der Waals surface area contributed by atoms with Crippen molar-refractivity contribution < 1.29 is 9.53 Å². The zero-order chi connectivity index (χ0) is 16.9. The first-order valence-corrected chi connectivity index (χ1v) is 7.71. The van der Waals surface area contributed by atoms with Crippen molar-refractivity contribution in [3.63, 3.8) is 0 Å². The number of nitrogens with zero attached hydrogens (tertiary/aromatic N) is 1. The van der Waals surface area contributed by atoms with Gasteiger partial charge in [-0.05, 0) is 35.4 Å². The molecule has 0 unspecified atom stereocenters. The maximum Gasteiger partial charge on any atom is 0.274 e. The number of carbonyl (C=O) groups excluding carboxylic acids is 1. The Kier molecular flexibility index (Phi) is 4.77. The van der Waals surface area contributed by atoms with Gasteiger partial charge in [-0.2, -0.15) is 0 Å². The molecule has 0 fully saturated rings. The normalized spacial score (nSPS) is 10.2. The van der Waals surface area contributed by atoms with Gasteiger partial charge in [0.1, 0.15) is 11.4 Å². The van der Waals surface area contributed by atoms with E-state index in [9.17, 15) is 4.79 Å². The third-order valence-electron chi connectivity index (χ3n) is 3.51. The molecule has 0 aliphatic heterocycles. The molecule has 0 radical (unpaired) electrons. The Balaban J connectivity index is 1.83. The highest BCUT2D eigenvalue weighted by Crippen LogP contribution is 2.27. The second-order valence-corrected chi connectivity index (χ2v) is 5.51. The predicted molar refractivity (Wildman–Crippen MR) is 95.6 cm³/mol. The van der Waals surface area contributed by atoms with E-state index in [1.807, 2.05) is 36.4 Å². The predicted octanol–water partition coefficient (Wildman–Crippen LogP) is 4.66. The van der Waals surface area contributed by atoms with Crippen LogP contribution >= 0.6 is 11.6 Å². The van der Waals surface area contributed by atoms with Crippen LogP contribution in [0.5, 0.6) is 5.75 Å². The van der Waals surface area contributed by atoms with Crippen LogP contribution in [0.4, 0.5) is 5.69 Å². The largest absolute Gasteiger partial charge is 0.495 e. The lowest BCUT2D eigenvalue weighted by Crippen LogP contribution is -2.13. The number of ether oxygens (including phenoxy) is 1. The van der Waals surface area contributed by atoms with Gasteiger partial charge < -0.3 is 10.1 Å². The van der Waals surface area contributed by atoms with Crippen LogP contribution in [0.3, 0.4) is 0 Å². The highest BCUT2D eigenvalue weighted by atomic mass is 35.5. The van der Waals surface area contributed by atoms with E-state index in [2.05, 4.69) is 10.3 Å². The molecule has 3 aromatic rings. The van der Waals surface area contributed by atoms with Crippen LogP contribution in [-0.2, 0) is 0 Å². The summed E-state index contributed by atoms with van der Waals surface area (Å²) in [5, 5.41) is 3.28. The molecular formula is C19H15ClN2O2. The number of benzene rings is 2. The van der Waals surface area contributed by atoms with Gasteiger partial charge in [0.05, 0.1) is 12.1 Å². The van der Waals surface area contributed by atoms with E-state index in [-0.39, 0.29) is 5.91 Å². The number of amides is 1. The van der Waals surface area contributed by atoms with E-state index < -0.39 is 0 Å². The van der Waals surface area contributed by atoms with Crippen molar-refractivity contribution in [3.8, 4) is 16.9 Å². The lowest BCUT2D eigenvalue weighted by Gasteiger charge is -2.09. The highest BCUT2D eigenvalue weighted by molar-refractivity contribution is 6.32. The summed E-state index contributed by atoms with van der Waals surface area (Å²) in [7, 11) is 1.53. The van der Waals surface area contributed by atoms with Crippen molar-refractivity contribution in [2.24, 2.45) is 0 Å². The molecule has 0 bridgehead atoms. The standard InChI is InChI=1S/C19H15ClN2O2/c1-24-18-12-15(7-8-16(18)20)22-19(23)17-11-14(9-10-21-17)13-5-3-2-4-6-13/h2-12H,1H3,(H,22,23). The molecule has 3 rings (SSSR count).